The van der Waals surface area contributed by atoms with Gasteiger partial charge in [-0.2, -0.15) is 5.10 Å². The molecule has 3 unspecified atom stereocenters. The van der Waals surface area contributed by atoms with E-state index in [4.69, 9.17) is 14.6 Å². The van der Waals surface area contributed by atoms with Gasteiger partial charge in [0.1, 0.15) is 11.9 Å². The molecule has 5 nitrogen and oxygen atoms in total. The zero-order chi connectivity index (χ0) is 12.7. The highest BCUT2D eigenvalue weighted by atomic mass is 16.7. The highest BCUT2D eigenvalue weighted by molar-refractivity contribution is 5.41. The quantitative estimate of drug-likeness (QED) is 0.831. The molecule has 0 aromatic carbocycles. The van der Waals surface area contributed by atoms with Gasteiger partial charge in [-0.3, -0.25) is 0 Å². The van der Waals surface area contributed by atoms with Gasteiger partial charge in [-0.25, -0.2) is 4.68 Å². The van der Waals surface area contributed by atoms with Crippen LogP contribution in [0.5, 0.6) is 0 Å². The fourth-order valence-corrected chi connectivity index (χ4v) is 2.85. The lowest BCUT2D eigenvalue weighted by molar-refractivity contribution is -0.135. The summed E-state index contributed by atoms with van der Waals surface area (Å²) in [5.41, 5.74) is 1.21. The second-order valence-corrected chi connectivity index (χ2v) is 5.34. The molecule has 1 aromatic rings. The van der Waals surface area contributed by atoms with E-state index in [1.807, 2.05) is 4.68 Å². The lowest BCUT2D eigenvalue weighted by atomic mass is 10.1. The first-order valence-corrected chi connectivity index (χ1v) is 6.63. The summed E-state index contributed by atoms with van der Waals surface area (Å²) in [5, 5.41) is 8.16. The number of aromatic nitrogens is 2. The van der Waals surface area contributed by atoms with E-state index >= 15 is 0 Å². The number of fused-ring (bicyclic) bond motifs is 1. The SMILES string of the molecule is COC(OC)C1CCNc2cc(C3CC3C)nn21. The molecule has 1 saturated carbocycles. The molecule has 18 heavy (non-hydrogen) atoms. The van der Waals surface area contributed by atoms with Crippen molar-refractivity contribution in [1.82, 2.24) is 9.78 Å². The first-order valence-electron chi connectivity index (χ1n) is 6.63. The van der Waals surface area contributed by atoms with Gasteiger partial charge in [0, 0.05) is 32.7 Å². The Bertz CT molecular complexity index is 428. The zero-order valence-corrected chi connectivity index (χ0v) is 11.2. The second-order valence-electron chi connectivity index (χ2n) is 5.34. The average Bonchev–Trinajstić information content (AvgIpc) is 2.95. The molecule has 5 heteroatoms. The number of nitrogens with zero attached hydrogens (tertiary/aromatic N) is 2. The van der Waals surface area contributed by atoms with Crippen LogP contribution in [0.1, 0.15) is 37.4 Å². The minimum Gasteiger partial charge on any atom is -0.370 e. The lowest BCUT2D eigenvalue weighted by Gasteiger charge is -2.30. The summed E-state index contributed by atoms with van der Waals surface area (Å²) in [5.74, 6) is 2.52. The zero-order valence-electron chi connectivity index (χ0n) is 11.2. The molecule has 2 aliphatic rings. The van der Waals surface area contributed by atoms with Crippen molar-refractivity contribution in [3.8, 4) is 0 Å². The van der Waals surface area contributed by atoms with Gasteiger partial charge < -0.3 is 14.8 Å². The summed E-state index contributed by atoms with van der Waals surface area (Å²) in [6.45, 7) is 3.22. The highest BCUT2D eigenvalue weighted by Gasteiger charge is 2.38. The molecule has 0 spiro atoms. The van der Waals surface area contributed by atoms with Gasteiger partial charge in [0.15, 0.2) is 6.29 Å². The standard InChI is InChI=1S/C13H21N3O2/c1-8-6-9(8)10-7-12-14-5-4-11(16(12)15-10)13(17-2)18-3/h7-9,11,13-14H,4-6H2,1-3H3. The molecular formula is C13H21N3O2. The molecule has 1 fully saturated rings. The number of ether oxygens (including phenoxy) is 2. The van der Waals surface area contributed by atoms with Gasteiger partial charge in [0.2, 0.25) is 0 Å². The number of methoxy groups -OCH3 is 2. The normalized spacial score (nSPS) is 30.1. The molecular weight excluding hydrogens is 230 g/mol. The highest BCUT2D eigenvalue weighted by Crippen LogP contribution is 2.47. The molecule has 0 amide bonds. The Kier molecular flexibility index (Phi) is 3.03. The summed E-state index contributed by atoms with van der Waals surface area (Å²) in [6, 6.07) is 2.35. The number of rotatable bonds is 4. The van der Waals surface area contributed by atoms with E-state index in [2.05, 4.69) is 18.3 Å². The van der Waals surface area contributed by atoms with Crippen LogP contribution in [0.15, 0.2) is 6.07 Å². The smallest absolute Gasteiger partial charge is 0.179 e. The Morgan fingerprint density at radius 1 is 1.44 bits per heavy atom. The van der Waals surface area contributed by atoms with Crippen LogP contribution in [0.3, 0.4) is 0 Å². The fraction of sp³-hybridized carbons (Fsp3) is 0.769. The van der Waals surface area contributed by atoms with Crippen molar-refractivity contribution in [2.24, 2.45) is 5.92 Å². The summed E-state index contributed by atoms with van der Waals surface area (Å²) in [6.07, 6.45) is 2.01. The van der Waals surface area contributed by atoms with Crippen LogP contribution in [0, 0.1) is 5.92 Å². The average molecular weight is 251 g/mol. The first-order chi connectivity index (χ1) is 8.74. The van der Waals surface area contributed by atoms with Crippen molar-refractivity contribution >= 4 is 5.82 Å². The van der Waals surface area contributed by atoms with E-state index in [-0.39, 0.29) is 12.3 Å². The lowest BCUT2D eigenvalue weighted by Crippen LogP contribution is -2.34. The number of nitrogens with one attached hydrogen (secondary N) is 1. The van der Waals surface area contributed by atoms with Gasteiger partial charge in [0.05, 0.1) is 5.69 Å². The van der Waals surface area contributed by atoms with Gasteiger partial charge >= 0.3 is 0 Å². The summed E-state index contributed by atoms with van der Waals surface area (Å²) in [7, 11) is 3.37. The maximum absolute atomic E-state index is 5.39. The molecule has 0 bridgehead atoms. The first kappa shape index (κ1) is 12.0. The Morgan fingerprint density at radius 3 is 2.78 bits per heavy atom. The molecule has 1 N–H and O–H groups in total. The van der Waals surface area contributed by atoms with Crippen molar-refractivity contribution < 1.29 is 9.47 Å². The molecule has 3 rings (SSSR count). The van der Waals surface area contributed by atoms with Crippen molar-refractivity contribution in [1.29, 1.82) is 0 Å². The Balaban J connectivity index is 1.87. The van der Waals surface area contributed by atoms with E-state index in [1.165, 1.54) is 12.1 Å². The molecule has 1 aliphatic carbocycles. The molecule has 0 radical (unpaired) electrons. The number of hydrogen-bond donors (Lipinski definition) is 1. The van der Waals surface area contributed by atoms with E-state index < -0.39 is 0 Å². The van der Waals surface area contributed by atoms with Gasteiger partial charge in [-0.15, -0.1) is 0 Å². The van der Waals surface area contributed by atoms with Gasteiger partial charge in [-0.1, -0.05) is 6.92 Å². The van der Waals surface area contributed by atoms with E-state index in [1.54, 1.807) is 14.2 Å². The Labute approximate surface area is 107 Å². The van der Waals surface area contributed by atoms with Crippen molar-refractivity contribution in [3.63, 3.8) is 0 Å². The largest absolute Gasteiger partial charge is 0.370 e. The third-order valence-electron chi connectivity index (χ3n) is 4.08. The van der Waals surface area contributed by atoms with Crippen molar-refractivity contribution in [2.75, 3.05) is 26.1 Å². The molecule has 0 saturated heterocycles. The summed E-state index contributed by atoms with van der Waals surface area (Å²) < 4.78 is 12.8. The van der Waals surface area contributed by atoms with Crippen LogP contribution in [0.4, 0.5) is 5.82 Å². The maximum Gasteiger partial charge on any atom is 0.179 e. The van der Waals surface area contributed by atoms with E-state index in [9.17, 15) is 0 Å². The van der Waals surface area contributed by atoms with Crippen LogP contribution >= 0.6 is 0 Å². The molecule has 3 atom stereocenters. The summed E-state index contributed by atoms with van der Waals surface area (Å²) in [4.78, 5) is 0. The monoisotopic (exact) mass is 251 g/mol. The Hall–Kier alpha value is -1.07. The molecule has 1 aliphatic heterocycles. The van der Waals surface area contributed by atoms with Gasteiger partial charge in [0.25, 0.3) is 0 Å². The third kappa shape index (κ3) is 1.91. The topological polar surface area (TPSA) is 48.3 Å². The predicted molar refractivity (Wildman–Crippen MR) is 68.7 cm³/mol. The third-order valence-corrected chi connectivity index (χ3v) is 4.08. The number of hydrogen-bond acceptors (Lipinski definition) is 4. The molecule has 100 valence electrons. The van der Waals surface area contributed by atoms with E-state index in [0.717, 1.165) is 24.7 Å². The predicted octanol–water partition coefficient (Wildman–Crippen LogP) is 1.98. The van der Waals surface area contributed by atoms with Crippen molar-refractivity contribution in [2.45, 2.75) is 38.0 Å². The van der Waals surface area contributed by atoms with E-state index in [0.29, 0.717) is 5.92 Å². The molecule has 2 heterocycles. The minimum atomic E-state index is -0.227. The van der Waals surface area contributed by atoms with Crippen LogP contribution in [0.2, 0.25) is 0 Å². The fourth-order valence-electron chi connectivity index (χ4n) is 2.85. The summed E-state index contributed by atoms with van der Waals surface area (Å²) >= 11 is 0. The van der Waals surface area contributed by atoms with Crippen LogP contribution in [-0.4, -0.2) is 36.8 Å². The number of anilines is 1. The van der Waals surface area contributed by atoms with Crippen LogP contribution in [0.25, 0.3) is 0 Å². The van der Waals surface area contributed by atoms with Gasteiger partial charge in [-0.05, 0) is 18.8 Å². The van der Waals surface area contributed by atoms with Crippen LogP contribution in [-0.2, 0) is 9.47 Å². The maximum atomic E-state index is 5.39. The Morgan fingerprint density at radius 2 is 2.17 bits per heavy atom. The second kappa shape index (κ2) is 4.55. The molecule has 1 aromatic heterocycles. The van der Waals surface area contributed by atoms with Crippen LogP contribution < -0.4 is 5.32 Å². The van der Waals surface area contributed by atoms with Crippen molar-refractivity contribution in [3.05, 3.63) is 11.8 Å². The minimum absolute atomic E-state index is 0.166.